The van der Waals surface area contributed by atoms with Crippen LogP contribution in [-0.2, 0) is 11.3 Å². The number of aliphatic carboxylic acids is 1. The van der Waals surface area contributed by atoms with Crippen molar-refractivity contribution in [1.29, 1.82) is 0 Å². The summed E-state index contributed by atoms with van der Waals surface area (Å²) in [7, 11) is 0. The average molecular weight is 582 g/mol. The Kier molecular flexibility index (Phi) is 7.92. The Morgan fingerprint density at radius 1 is 1.07 bits per heavy atom. The van der Waals surface area contributed by atoms with Gasteiger partial charge in [0.25, 0.3) is 11.8 Å². The summed E-state index contributed by atoms with van der Waals surface area (Å²) < 4.78 is 0. The number of carbonyl (C=O) groups is 3. The first-order valence-electron chi connectivity index (χ1n) is 12.4. The van der Waals surface area contributed by atoms with Gasteiger partial charge in [0.2, 0.25) is 0 Å². The second-order valence-corrected chi connectivity index (χ2v) is 10.4. The summed E-state index contributed by atoms with van der Waals surface area (Å²) in [6.45, 7) is 0.866. The minimum absolute atomic E-state index is 0.202. The molecule has 0 spiro atoms. The summed E-state index contributed by atoms with van der Waals surface area (Å²) in [5, 5.41) is 28.7. The van der Waals surface area contributed by atoms with E-state index in [2.05, 4.69) is 20.9 Å². The molecule has 5 N–H and O–H groups in total. The molecule has 2 amide bonds. The number of carbonyl (C=O) groups excluding carboxylic acids is 2. The number of β-amino-alcohol motifs (C(OH)–C–C–N with tert-alkyl or cyclic N) is 1. The molecule has 0 saturated heterocycles. The van der Waals surface area contributed by atoms with Gasteiger partial charge in [0.1, 0.15) is 0 Å². The third-order valence-corrected chi connectivity index (χ3v) is 7.00. The van der Waals surface area contributed by atoms with Gasteiger partial charge in [-0.2, -0.15) is 0 Å². The van der Waals surface area contributed by atoms with Gasteiger partial charge in [0.05, 0.1) is 25.1 Å². The van der Waals surface area contributed by atoms with Crippen LogP contribution in [0.3, 0.4) is 0 Å². The lowest BCUT2D eigenvalue weighted by Crippen LogP contribution is -2.42. The molecular formula is C28H25Cl2N5O5. The molecule has 0 saturated carbocycles. The summed E-state index contributed by atoms with van der Waals surface area (Å²) in [5.74, 6) is -1.30. The topological polar surface area (TPSA) is 143 Å². The maximum absolute atomic E-state index is 13.4. The van der Waals surface area contributed by atoms with E-state index in [9.17, 15) is 24.6 Å². The molecular weight excluding hydrogens is 557 g/mol. The van der Waals surface area contributed by atoms with Gasteiger partial charge in [-0.05, 0) is 59.7 Å². The fourth-order valence-corrected chi connectivity index (χ4v) is 5.23. The molecule has 3 aromatic rings. The number of anilines is 2. The fraction of sp³-hybridized carbons (Fsp3) is 0.214. The smallest absolute Gasteiger partial charge is 0.305 e. The first-order valence-corrected chi connectivity index (χ1v) is 13.2. The minimum Gasteiger partial charge on any atom is -0.481 e. The lowest BCUT2D eigenvalue weighted by molar-refractivity contribution is -0.138. The standard InChI is InChI=1S/C28H25Cl2N5O5/c29-18-6-17(7-19(30)9-18)24(11-25(37)38)35-14-16-4-5-21(10-23(16)27(35)40)33-26(39)15-2-1-3-20(8-15)34-28-31-12-22(36)13-32-28/h1-10,22,24,36H,11-14H2,(H,33,39)(H,37,38)(H2,31,32,34). The Hall–Kier alpha value is -4.12. The molecule has 2 heterocycles. The summed E-state index contributed by atoms with van der Waals surface area (Å²) in [4.78, 5) is 43.8. The van der Waals surface area contributed by atoms with E-state index in [0.717, 1.165) is 0 Å². The molecule has 0 aliphatic carbocycles. The normalized spacial score (nSPS) is 17.0. The lowest BCUT2D eigenvalue weighted by atomic mass is 10.0. The summed E-state index contributed by atoms with van der Waals surface area (Å²) >= 11 is 12.3. The first-order chi connectivity index (χ1) is 19.2. The van der Waals surface area contributed by atoms with Crippen LogP contribution in [0, 0.1) is 0 Å². The molecule has 10 nitrogen and oxygen atoms in total. The second kappa shape index (κ2) is 11.5. The number of aliphatic hydroxyl groups excluding tert-OH is 1. The largest absolute Gasteiger partial charge is 0.481 e. The fourth-order valence-electron chi connectivity index (χ4n) is 4.69. The number of carboxylic acids is 1. The molecule has 12 heteroatoms. The monoisotopic (exact) mass is 581 g/mol. The van der Waals surface area contributed by atoms with Crippen molar-refractivity contribution in [2.24, 2.45) is 4.99 Å². The second-order valence-electron chi connectivity index (χ2n) is 9.51. The SMILES string of the molecule is O=C(O)CC(c1cc(Cl)cc(Cl)c1)N1Cc2ccc(NC(=O)c3cccc(NC4=NCC(O)CN4)c3)cc2C1=O. The van der Waals surface area contributed by atoms with E-state index in [1.54, 1.807) is 54.6 Å². The highest BCUT2D eigenvalue weighted by Crippen LogP contribution is 2.36. The summed E-state index contributed by atoms with van der Waals surface area (Å²) in [5.41, 5.74) is 3.05. The average Bonchev–Trinajstić information content (AvgIpc) is 3.23. The number of guanidine groups is 1. The van der Waals surface area contributed by atoms with Crippen molar-refractivity contribution in [2.75, 3.05) is 23.7 Å². The van der Waals surface area contributed by atoms with Crippen molar-refractivity contribution >= 4 is 58.3 Å². The highest BCUT2D eigenvalue weighted by atomic mass is 35.5. The molecule has 40 heavy (non-hydrogen) atoms. The van der Waals surface area contributed by atoms with Crippen molar-refractivity contribution in [2.45, 2.75) is 25.1 Å². The van der Waals surface area contributed by atoms with Gasteiger partial charge < -0.3 is 31.1 Å². The van der Waals surface area contributed by atoms with Gasteiger partial charge in [0, 0.05) is 45.6 Å². The molecule has 3 aromatic carbocycles. The van der Waals surface area contributed by atoms with Gasteiger partial charge in [-0.3, -0.25) is 19.4 Å². The Bertz CT molecular complexity index is 1510. The van der Waals surface area contributed by atoms with Crippen molar-refractivity contribution in [3.05, 3.63) is 93.0 Å². The highest BCUT2D eigenvalue weighted by molar-refractivity contribution is 6.34. The van der Waals surface area contributed by atoms with Gasteiger partial charge in [-0.15, -0.1) is 0 Å². The Morgan fingerprint density at radius 2 is 1.85 bits per heavy atom. The van der Waals surface area contributed by atoms with E-state index in [0.29, 0.717) is 56.2 Å². The van der Waals surface area contributed by atoms with Crippen LogP contribution in [0.1, 0.15) is 44.3 Å². The zero-order valence-electron chi connectivity index (χ0n) is 21.0. The van der Waals surface area contributed by atoms with E-state index in [1.165, 1.54) is 11.0 Å². The number of hydrogen-bond donors (Lipinski definition) is 5. The van der Waals surface area contributed by atoms with Crippen molar-refractivity contribution in [3.63, 3.8) is 0 Å². The van der Waals surface area contributed by atoms with E-state index in [1.807, 2.05) is 0 Å². The van der Waals surface area contributed by atoms with E-state index < -0.39 is 18.1 Å². The van der Waals surface area contributed by atoms with Crippen molar-refractivity contribution in [1.82, 2.24) is 10.2 Å². The number of hydrogen-bond acceptors (Lipinski definition) is 7. The lowest BCUT2D eigenvalue weighted by Gasteiger charge is -2.27. The summed E-state index contributed by atoms with van der Waals surface area (Å²) in [6, 6.07) is 15.8. The summed E-state index contributed by atoms with van der Waals surface area (Å²) in [6.07, 6.45) is -0.861. The number of aliphatic hydroxyl groups is 1. The molecule has 2 aliphatic heterocycles. The number of amides is 2. The zero-order chi connectivity index (χ0) is 28.4. The van der Waals surface area contributed by atoms with Crippen molar-refractivity contribution in [3.8, 4) is 0 Å². The molecule has 2 atom stereocenters. The predicted molar refractivity (Wildman–Crippen MR) is 152 cm³/mol. The molecule has 5 rings (SSSR count). The van der Waals surface area contributed by atoms with Crippen LogP contribution in [0.5, 0.6) is 0 Å². The van der Waals surface area contributed by atoms with Gasteiger partial charge in [0.15, 0.2) is 5.96 Å². The third kappa shape index (κ3) is 6.20. The van der Waals surface area contributed by atoms with Crippen molar-refractivity contribution < 1.29 is 24.6 Å². The first kappa shape index (κ1) is 27.4. The van der Waals surface area contributed by atoms with Crippen LogP contribution in [0.15, 0.2) is 65.7 Å². The Balaban J connectivity index is 1.32. The van der Waals surface area contributed by atoms with E-state index >= 15 is 0 Å². The number of nitrogens with one attached hydrogen (secondary N) is 3. The number of carboxylic acid groups (broad SMARTS) is 1. The number of rotatable bonds is 7. The minimum atomic E-state index is -1.07. The van der Waals surface area contributed by atoms with Crippen LogP contribution in [0.25, 0.3) is 0 Å². The Labute approximate surface area is 239 Å². The molecule has 0 bridgehead atoms. The molecule has 0 radical (unpaired) electrons. The molecule has 2 aliphatic rings. The van der Waals surface area contributed by atoms with Crippen LogP contribution >= 0.6 is 23.2 Å². The van der Waals surface area contributed by atoms with E-state index in [-0.39, 0.29) is 31.3 Å². The zero-order valence-corrected chi connectivity index (χ0v) is 22.5. The van der Waals surface area contributed by atoms with Gasteiger partial charge >= 0.3 is 5.97 Å². The Morgan fingerprint density at radius 3 is 2.55 bits per heavy atom. The highest BCUT2D eigenvalue weighted by Gasteiger charge is 2.35. The number of nitrogens with zero attached hydrogens (tertiary/aromatic N) is 2. The van der Waals surface area contributed by atoms with Crippen LogP contribution in [0.2, 0.25) is 10.0 Å². The van der Waals surface area contributed by atoms with Gasteiger partial charge in [-0.1, -0.05) is 35.3 Å². The third-order valence-electron chi connectivity index (χ3n) is 6.57. The maximum atomic E-state index is 13.4. The molecule has 0 fully saturated rings. The van der Waals surface area contributed by atoms with Crippen LogP contribution in [0.4, 0.5) is 11.4 Å². The van der Waals surface area contributed by atoms with Crippen LogP contribution in [-0.4, -0.2) is 58.0 Å². The number of halogens is 2. The number of aliphatic imine (C=N–C) groups is 1. The quantitative estimate of drug-likeness (QED) is 0.282. The molecule has 2 unspecified atom stereocenters. The van der Waals surface area contributed by atoms with Crippen LogP contribution < -0.4 is 16.0 Å². The van der Waals surface area contributed by atoms with Gasteiger partial charge in [-0.25, -0.2) is 0 Å². The van der Waals surface area contributed by atoms with E-state index in [4.69, 9.17) is 23.2 Å². The predicted octanol–water partition coefficient (Wildman–Crippen LogP) is 4.15. The molecule has 206 valence electrons. The number of fused-ring (bicyclic) bond motifs is 1. The maximum Gasteiger partial charge on any atom is 0.305 e. The number of benzene rings is 3. The molecule has 0 aromatic heterocycles.